The number of carbonyl (C=O) groups is 2. The van der Waals surface area contributed by atoms with Gasteiger partial charge in [-0.1, -0.05) is 60.7 Å². The van der Waals surface area contributed by atoms with Gasteiger partial charge in [-0.3, -0.25) is 9.59 Å². The second-order valence-corrected chi connectivity index (χ2v) is 14.5. The fourth-order valence-electron chi connectivity index (χ4n) is 4.99. The summed E-state index contributed by atoms with van der Waals surface area (Å²) in [7, 11) is -12.6. The minimum Gasteiger partial charge on any atom is -0.378 e. The second-order valence-electron chi connectivity index (χ2n) is 11.5. The van der Waals surface area contributed by atoms with Crippen LogP contribution in [0.1, 0.15) is 31.8 Å². The lowest BCUT2D eigenvalue weighted by atomic mass is 9.98. The Kier molecular flexibility index (Phi) is 12.3. The molecule has 0 aliphatic rings. The number of ketones is 2. The highest BCUT2D eigenvalue weighted by Crippen LogP contribution is 2.38. The number of rotatable bonds is 12. The maximum absolute atomic E-state index is 14.8. The molecule has 306 valence electrons. The van der Waals surface area contributed by atoms with E-state index in [9.17, 15) is 80.9 Å². The molecule has 0 amide bonds. The molecule has 0 unspecified atom stereocenters. The number of allylic oxidation sites excluding steroid dienone is 2. The van der Waals surface area contributed by atoms with E-state index in [-0.39, 0.29) is 23.3 Å². The second kappa shape index (κ2) is 16.9. The molecule has 10 nitrogen and oxygen atoms in total. The molecule has 0 aliphatic heterocycles. The quantitative estimate of drug-likeness (QED) is 0.0227. The van der Waals surface area contributed by atoms with Crippen LogP contribution < -0.4 is 8.37 Å². The molecule has 0 saturated heterocycles. The molecule has 0 aromatic heterocycles. The standard InChI is InChI=1S/C38H14F10N2O8S2/c39-25-27(41)31(45)37(32(46)28(25)42)59(53,54)57-23-14-20(12-22(16-50)36(52)18-9-5-2-6-10-18)24(13-19(23)11-21(15-49)35(51)17-7-3-1-4-8-17)58-60(55,56)38-33(47)29(43)26(40)30(44)34(38)48/h1-14H. The van der Waals surface area contributed by atoms with Crippen LogP contribution in [0.5, 0.6) is 11.5 Å². The lowest BCUT2D eigenvalue weighted by Crippen LogP contribution is -2.19. The molecule has 0 saturated carbocycles. The topological polar surface area (TPSA) is 168 Å². The number of Topliss-reactive ketones (excluding diaryl/α,β-unsaturated/α-hetero) is 2. The van der Waals surface area contributed by atoms with Crippen LogP contribution >= 0.6 is 0 Å². The summed E-state index contributed by atoms with van der Waals surface area (Å²) in [6.07, 6.45) is 0.731. The van der Waals surface area contributed by atoms with E-state index in [0.29, 0.717) is 12.2 Å². The average molecular weight is 881 g/mol. The van der Waals surface area contributed by atoms with E-state index in [1.807, 2.05) is 0 Å². The first-order chi connectivity index (χ1) is 28.2. The summed E-state index contributed by atoms with van der Waals surface area (Å²) < 4.78 is 206. The third kappa shape index (κ3) is 8.32. The monoisotopic (exact) mass is 880 g/mol. The molecule has 0 aliphatic carbocycles. The van der Waals surface area contributed by atoms with Crippen molar-refractivity contribution >= 4 is 44.0 Å². The van der Waals surface area contributed by atoms with Crippen LogP contribution in [0.25, 0.3) is 12.2 Å². The molecule has 0 fully saturated rings. The summed E-state index contributed by atoms with van der Waals surface area (Å²) in [5, 5.41) is 19.8. The van der Waals surface area contributed by atoms with Crippen molar-refractivity contribution < 1.29 is 78.7 Å². The van der Waals surface area contributed by atoms with Crippen molar-refractivity contribution in [2.45, 2.75) is 9.79 Å². The number of nitriles is 2. The van der Waals surface area contributed by atoms with Crippen molar-refractivity contribution in [3.63, 3.8) is 0 Å². The zero-order chi connectivity index (χ0) is 44.4. The molecule has 5 aromatic rings. The first kappa shape index (κ1) is 43.8. The van der Waals surface area contributed by atoms with Gasteiger partial charge in [0.1, 0.15) is 23.3 Å². The number of benzene rings is 5. The summed E-state index contributed by atoms with van der Waals surface area (Å²) in [5.41, 5.74) is -4.79. The highest BCUT2D eigenvalue weighted by molar-refractivity contribution is 7.87. The van der Waals surface area contributed by atoms with Crippen LogP contribution in [0.3, 0.4) is 0 Å². The predicted octanol–water partition coefficient (Wildman–Crippen LogP) is 8.19. The summed E-state index contributed by atoms with van der Waals surface area (Å²) >= 11 is 0. The van der Waals surface area contributed by atoms with E-state index in [2.05, 4.69) is 0 Å². The summed E-state index contributed by atoms with van der Waals surface area (Å²) in [4.78, 5) is 21.3. The van der Waals surface area contributed by atoms with Gasteiger partial charge in [0, 0.05) is 22.3 Å². The smallest absolute Gasteiger partial charge is 0.345 e. The van der Waals surface area contributed by atoms with Crippen LogP contribution in [0, 0.1) is 80.8 Å². The SMILES string of the molecule is N#CC(=Cc1cc(OS(=O)(=O)c2c(F)c(F)c(F)c(F)c2F)c(C=C(C#N)C(=O)c2ccccc2)cc1OS(=O)(=O)c1c(F)c(F)c(F)c(F)c1F)C(=O)c1ccccc1. The number of carbonyl (C=O) groups excluding carboxylic acids is 2. The van der Waals surface area contributed by atoms with E-state index in [1.54, 1.807) is 0 Å². The van der Waals surface area contributed by atoms with Crippen molar-refractivity contribution in [2.75, 3.05) is 0 Å². The molecular formula is C38H14F10N2O8S2. The third-order valence-electron chi connectivity index (χ3n) is 7.78. The van der Waals surface area contributed by atoms with Gasteiger partial charge in [-0.25, -0.2) is 43.9 Å². The Bertz CT molecular complexity index is 2760. The molecule has 0 radical (unpaired) electrons. The fraction of sp³-hybridized carbons (Fsp3) is 0. The maximum atomic E-state index is 14.8. The van der Waals surface area contributed by atoms with Crippen LogP contribution in [-0.4, -0.2) is 28.4 Å². The molecule has 0 atom stereocenters. The van der Waals surface area contributed by atoms with E-state index in [0.717, 1.165) is 24.3 Å². The van der Waals surface area contributed by atoms with Crippen LogP contribution in [-0.2, 0) is 20.2 Å². The molecule has 0 spiro atoms. The Balaban J connectivity index is 1.88. The van der Waals surface area contributed by atoms with Gasteiger partial charge >= 0.3 is 20.2 Å². The van der Waals surface area contributed by atoms with Gasteiger partial charge in [0.2, 0.25) is 23.2 Å². The minimum absolute atomic E-state index is 0.205. The van der Waals surface area contributed by atoms with Gasteiger partial charge in [-0.15, -0.1) is 0 Å². The number of hydrogen-bond donors (Lipinski definition) is 0. The van der Waals surface area contributed by atoms with Crippen molar-refractivity contribution in [1.29, 1.82) is 10.5 Å². The summed E-state index contributed by atoms with van der Waals surface area (Å²) in [5.74, 6) is -33.8. The first-order valence-corrected chi connectivity index (χ1v) is 18.5. The molecule has 22 heteroatoms. The largest absolute Gasteiger partial charge is 0.378 e. The molecule has 0 heterocycles. The zero-order valence-corrected chi connectivity index (χ0v) is 30.5. The molecule has 0 bridgehead atoms. The normalized spacial score (nSPS) is 12.1. The highest BCUT2D eigenvalue weighted by Gasteiger charge is 2.38. The van der Waals surface area contributed by atoms with Crippen molar-refractivity contribution in [1.82, 2.24) is 0 Å². The summed E-state index contributed by atoms with van der Waals surface area (Å²) in [6.45, 7) is 0. The molecule has 5 rings (SSSR count). The Hall–Kier alpha value is -7.30. The Morgan fingerprint density at radius 1 is 0.467 bits per heavy atom. The van der Waals surface area contributed by atoms with Crippen LogP contribution in [0.15, 0.2) is 93.7 Å². The predicted molar refractivity (Wildman–Crippen MR) is 183 cm³/mol. The zero-order valence-electron chi connectivity index (χ0n) is 28.8. The van der Waals surface area contributed by atoms with E-state index >= 15 is 0 Å². The lowest BCUT2D eigenvalue weighted by molar-refractivity contribution is 0.103. The number of nitrogens with zero attached hydrogens (tertiary/aromatic N) is 2. The molecule has 5 aromatic carbocycles. The van der Waals surface area contributed by atoms with E-state index < -0.39 is 134 Å². The average Bonchev–Trinajstić information content (AvgIpc) is 3.22. The van der Waals surface area contributed by atoms with Gasteiger partial charge in [0.05, 0.1) is 0 Å². The Morgan fingerprint density at radius 2 is 0.733 bits per heavy atom. The van der Waals surface area contributed by atoms with Gasteiger partial charge in [-0.05, 0) is 24.3 Å². The minimum atomic E-state index is -6.32. The molecular weight excluding hydrogens is 867 g/mol. The van der Waals surface area contributed by atoms with Gasteiger partial charge in [0.25, 0.3) is 0 Å². The van der Waals surface area contributed by atoms with Crippen molar-refractivity contribution in [2.24, 2.45) is 0 Å². The molecule has 0 N–H and O–H groups in total. The van der Waals surface area contributed by atoms with Crippen LogP contribution in [0.2, 0.25) is 0 Å². The Labute approximate surface area is 330 Å². The molecule has 60 heavy (non-hydrogen) atoms. The Morgan fingerprint density at radius 3 is 1.00 bits per heavy atom. The van der Waals surface area contributed by atoms with Crippen molar-refractivity contribution in [3.05, 3.63) is 164 Å². The van der Waals surface area contributed by atoms with E-state index in [4.69, 9.17) is 8.37 Å². The van der Waals surface area contributed by atoms with Crippen LogP contribution in [0.4, 0.5) is 43.9 Å². The third-order valence-corrected chi connectivity index (χ3v) is 10.3. The van der Waals surface area contributed by atoms with E-state index in [1.165, 1.54) is 48.5 Å². The lowest BCUT2D eigenvalue weighted by Gasteiger charge is -2.17. The maximum Gasteiger partial charge on any atom is 0.345 e. The first-order valence-electron chi connectivity index (χ1n) is 15.7. The summed E-state index contributed by atoms with van der Waals surface area (Å²) in [6, 6.07) is 15.9. The van der Waals surface area contributed by atoms with Crippen molar-refractivity contribution in [3.8, 4) is 23.6 Å². The fourth-order valence-corrected chi connectivity index (χ4v) is 7.15. The highest BCUT2D eigenvalue weighted by atomic mass is 32.2. The number of halogens is 10. The van der Waals surface area contributed by atoms with Gasteiger partial charge in [0.15, 0.2) is 67.8 Å². The van der Waals surface area contributed by atoms with Gasteiger partial charge in [-0.2, -0.15) is 27.4 Å². The van der Waals surface area contributed by atoms with Gasteiger partial charge < -0.3 is 8.37 Å². The number of hydrogen-bond acceptors (Lipinski definition) is 10.